The number of nitriles is 1. The number of aromatic nitrogens is 2. The minimum absolute atomic E-state index is 0.0513. The van der Waals surface area contributed by atoms with Crippen LogP contribution in [0.2, 0.25) is 10.0 Å². The second-order valence-electron chi connectivity index (χ2n) is 14.7. The number of halogens is 2. The number of rotatable bonds is 11. The number of amides is 2. The van der Waals surface area contributed by atoms with E-state index in [1.807, 2.05) is 59.5 Å². The van der Waals surface area contributed by atoms with E-state index in [0.29, 0.717) is 44.2 Å². The van der Waals surface area contributed by atoms with Gasteiger partial charge in [-0.3, -0.25) is 14.5 Å². The smallest absolute Gasteiger partial charge is 0.326 e. The maximum atomic E-state index is 14.1. The fraction of sp³-hybridized carbons (Fsp3) is 0.167. The van der Waals surface area contributed by atoms with E-state index in [1.54, 1.807) is 67.0 Å². The van der Waals surface area contributed by atoms with Crippen LogP contribution in [0.5, 0.6) is 11.5 Å². The van der Waals surface area contributed by atoms with Gasteiger partial charge in [0.1, 0.15) is 24.1 Å². The summed E-state index contributed by atoms with van der Waals surface area (Å²) in [5.74, 6) is 5.41. The molecule has 8 rings (SSSR count). The molecule has 0 saturated carbocycles. The van der Waals surface area contributed by atoms with Crippen molar-refractivity contribution in [3.63, 3.8) is 0 Å². The lowest BCUT2D eigenvalue weighted by molar-refractivity contribution is -0.142. The molecule has 0 bridgehead atoms. The number of fused-ring (bicyclic) bond motifs is 2. The molecular weight excluding hydrogens is 827 g/mol. The van der Waals surface area contributed by atoms with Crippen molar-refractivity contribution in [2.24, 2.45) is 0 Å². The number of nitrogens with one attached hydrogen (secondary N) is 2. The van der Waals surface area contributed by atoms with Gasteiger partial charge in [-0.1, -0.05) is 83.7 Å². The standard InChI is InChI=1S/C48H36Cl2N6O6/c49-38-17-8-31(21-39(38)50)28-61-37-15-13-34(14-16-37)45-47(58)54-40-23-35-24-42(56(27-36(35)25-43(40)62-45)20-1-3-44-52-18-2-19-53-44)46(57)55-41(48(59)60)22-29-4-9-32(10-5-29)33-11-6-30(26-51)7-12-33/h2,4-19,21,23,25,41-42,45H,20,22,24,27-28H2,(H,54,58)(H,55,57)(H,59,60)/t41?,42-,45-/m0/s1. The molecule has 2 aliphatic rings. The van der Waals surface area contributed by atoms with E-state index in [4.69, 9.17) is 37.9 Å². The Morgan fingerprint density at radius 2 is 1.63 bits per heavy atom. The predicted octanol–water partition coefficient (Wildman–Crippen LogP) is 7.56. The first-order valence-electron chi connectivity index (χ1n) is 19.5. The van der Waals surface area contributed by atoms with Crippen LogP contribution in [0.25, 0.3) is 11.1 Å². The molecule has 62 heavy (non-hydrogen) atoms. The van der Waals surface area contributed by atoms with Gasteiger partial charge < -0.3 is 25.2 Å². The quantitative estimate of drug-likeness (QED) is 0.111. The Morgan fingerprint density at radius 3 is 2.32 bits per heavy atom. The summed E-state index contributed by atoms with van der Waals surface area (Å²) in [5, 5.41) is 26.0. The normalized spacial score (nSPS) is 15.9. The maximum absolute atomic E-state index is 14.1. The largest absolute Gasteiger partial charge is 0.489 e. The molecular formula is C48H36Cl2N6O6. The maximum Gasteiger partial charge on any atom is 0.326 e. The number of aliphatic carboxylic acids is 1. The number of carbonyl (C=O) groups excluding carboxylic acids is 2. The molecule has 3 heterocycles. The summed E-state index contributed by atoms with van der Waals surface area (Å²) < 4.78 is 12.2. The van der Waals surface area contributed by atoms with Gasteiger partial charge >= 0.3 is 5.97 Å². The molecule has 3 N–H and O–H groups in total. The number of carboxylic acids is 1. The van der Waals surface area contributed by atoms with E-state index < -0.39 is 30.1 Å². The Kier molecular flexibility index (Phi) is 12.4. The van der Waals surface area contributed by atoms with E-state index in [0.717, 1.165) is 33.4 Å². The molecule has 12 nitrogen and oxygen atoms in total. The predicted molar refractivity (Wildman–Crippen MR) is 232 cm³/mol. The number of nitrogens with zero attached hydrogens (tertiary/aromatic N) is 4. The van der Waals surface area contributed by atoms with Crippen LogP contribution in [0.1, 0.15) is 45.3 Å². The van der Waals surface area contributed by atoms with Gasteiger partial charge in [-0.15, -0.1) is 0 Å². The van der Waals surface area contributed by atoms with Crippen molar-refractivity contribution in [3.8, 4) is 40.5 Å². The lowest BCUT2D eigenvalue weighted by Crippen LogP contribution is -2.54. The van der Waals surface area contributed by atoms with Gasteiger partial charge in [0.25, 0.3) is 5.91 Å². The van der Waals surface area contributed by atoms with E-state index in [2.05, 4.69) is 38.5 Å². The minimum Gasteiger partial charge on any atom is -0.489 e. The summed E-state index contributed by atoms with van der Waals surface area (Å²) in [6.07, 6.45) is 2.52. The van der Waals surface area contributed by atoms with Crippen molar-refractivity contribution in [2.75, 3.05) is 11.9 Å². The zero-order valence-electron chi connectivity index (χ0n) is 32.8. The summed E-state index contributed by atoms with van der Waals surface area (Å²) in [6, 6.07) is 32.4. The second kappa shape index (κ2) is 18.6. The average molecular weight is 864 g/mol. The highest BCUT2D eigenvalue weighted by atomic mass is 35.5. The van der Waals surface area contributed by atoms with E-state index >= 15 is 0 Å². The molecule has 5 aromatic carbocycles. The number of ether oxygens (including phenoxy) is 2. The molecule has 0 aliphatic carbocycles. The van der Waals surface area contributed by atoms with Gasteiger partial charge in [-0.05, 0) is 100 Å². The third kappa shape index (κ3) is 9.70. The SMILES string of the molecule is N#Cc1ccc(-c2ccc(CC(NC(=O)[C@@H]3Cc4cc5c(cc4CN3CC#Cc3ncccn3)O[C@@H](c3ccc(OCc4ccc(Cl)c(Cl)c4)cc3)C(=O)N5)C(=O)O)cc2)cc1. The molecule has 0 saturated heterocycles. The van der Waals surface area contributed by atoms with Crippen LogP contribution in [-0.2, 0) is 40.4 Å². The second-order valence-corrected chi connectivity index (χ2v) is 15.5. The van der Waals surface area contributed by atoms with Gasteiger partial charge in [0.2, 0.25) is 17.8 Å². The monoisotopic (exact) mass is 862 g/mol. The van der Waals surface area contributed by atoms with Crippen molar-refractivity contribution in [2.45, 2.75) is 44.2 Å². The summed E-state index contributed by atoms with van der Waals surface area (Å²) in [4.78, 5) is 50.3. The highest BCUT2D eigenvalue weighted by molar-refractivity contribution is 6.42. The summed E-state index contributed by atoms with van der Waals surface area (Å²) >= 11 is 12.2. The molecule has 14 heteroatoms. The lowest BCUT2D eigenvalue weighted by Gasteiger charge is -2.36. The van der Waals surface area contributed by atoms with E-state index in [1.165, 1.54) is 0 Å². The average Bonchev–Trinajstić information content (AvgIpc) is 3.29. The first-order chi connectivity index (χ1) is 30.1. The number of hydrogen-bond donors (Lipinski definition) is 3. The fourth-order valence-corrected chi connectivity index (χ4v) is 7.60. The van der Waals surface area contributed by atoms with Crippen LogP contribution in [0.4, 0.5) is 5.69 Å². The zero-order valence-corrected chi connectivity index (χ0v) is 34.4. The molecule has 0 radical (unpaired) electrons. The van der Waals surface area contributed by atoms with Crippen LogP contribution < -0.4 is 20.1 Å². The highest BCUT2D eigenvalue weighted by Crippen LogP contribution is 2.40. The molecule has 1 unspecified atom stereocenters. The summed E-state index contributed by atoms with van der Waals surface area (Å²) in [6.45, 7) is 0.714. The summed E-state index contributed by atoms with van der Waals surface area (Å²) in [7, 11) is 0. The van der Waals surface area contributed by atoms with E-state index in [-0.39, 0.29) is 38.4 Å². The number of anilines is 1. The van der Waals surface area contributed by atoms with Gasteiger partial charge in [0, 0.05) is 30.9 Å². The van der Waals surface area contributed by atoms with Gasteiger partial charge in [0.05, 0.1) is 40.0 Å². The number of carboxylic acid groups (broad SMARTS) is 1. The Bertz CT molecular complexity index is 2750. The molecule has 1 aromatic heterocycles. The van der Waals surface area contributed by atoms with Crippen LogP contribution in [-0.4, -0.2) is 56.4 Å². The van der Waals surface area contributed by atoms with Crippen LogP contribution in [0.15, 0.2) is 122 Å². The van der Waals surface area contributed by atoms with Crippen LogP contribution in [0, 0.1) is 23.2 Å². The first-order valence-corrected chi connectivity index (χ1v) is 20.3. The van der Waals surface area contributed by atoms with Crippen molar-refractivity contribution < 1.29 is 29.0 Å². The molecule has 2 aliphatic heterocycles. The van der Waals surface area contributed by atoms with Crippen molar-refractivity contribution in [1.82, 2.24) is 20.2 Å². The summed E-state index contributed by atoms with van der Waals surface area (Å²) in [5.41, 5.74) is 6.71. The Balaban J connectivity index is 0.980. The van der Waals surface area contributed by atoms with Crippen molar-refractivity contribution in [3.05, 3.63) is 171 Å². The third-order valence-electron chi connectivity index (χ3n) is 10.5. The zero-order chi connectivity index (χ0) is 43.2. The minimum atomic E-state index is -1.22. The van der Waals surface area contributed by atoms with Crippen molar-refractivity contribution in [1.29, 1.82) is 5.26 Å². The Morgan fingerprint density at radius 1 is 0.919 bits per heavy atom. The molecule has 0 spiro atoms. The highest BCUT2D eigenvalue weighted by Gasteiger charge is 2.36. The molecule has 2 amide bonds. The third-order valence-corrected chi connectivity index (χ3v) is 11.3. The Hall–Kier alpha value is -7.22. The van der Waals surface area contributed by atoms with Gasteiger partial charge in [-0.2, -0.15) is 5.26 Å². The molecule has 6 aromatic rings. The number of hydrogen-bond acceptors (Lipinski definition) is 9. The first kappa shape index (κ1) is 41.5. The van der Waals surface area contributed by atoms with E-state index in [9.17, 15) is 19.5 Å². The molecule has 308 valence electrons. The number of benzene rings is 5. The van der Waals surface area contributed by atoms with Crippen molar-refractivity contribution >= 4 is 46.7 Å². The van der Waals surface area contributed by atoms with Gasteiger partial charge in [0.15, 0.2) is 0 Å². The van der Waals surface area contributed by atoms with Gasteiger partial charge in [-0.25, -0.2) is 14.8 Å². The fourth-order valence-electron chi connectivity index (χ4n) is 7.28. The number of carbonyl (C=O) groups is 3. The Labute approximate surface area is 367 Å². The van der Waals surface area contributed by atoms with Crippen LogP contribution in [0.3, 0.4) is 0 Å². The molecule has 3 atom stereocenters. The topological polar surface area (TPSA) is 167 Å². The molecule has 0 fully saturated rings. The lowest BCUT2D eigenvalue weighted by atomic mass is 9.91. The van der Waals surface area contributed by atoms with Crippen LogP contribution >= 0.6 is 23.2 Å².